The third-order valence-electron chi connectivity index (χ3n) is 2.74. The number of hydrogen-bond donors (Lipinski definition) is 1. The molecular weight excluding hydrogens is 234 g/mol. The van der Waals surface area contributed by atoms with Gasteiger partial charge in [-0.15, -0.1) is 0 Å². The molecule has 0 saturated carbocycles. The van der Waals surface area contributed by atoms with Crippen molar-refractivity contribution in [3.8, 4) is 17.6 Å². The van der Waals surface area contributed by atoms with Gasteiger partial charge in [0.2, 0.25) is 0 Å². The molecule has 0 aliphatic rings. The fourth-order valence-electron chi connectivity index (χ4n) is 1.78. The van der Waals surface area contributed by atoms with Gasteiger partial charge in [0, 0.05) is 17.7 Å². The zero-order valence-electron chi connectivity index (χ0n) is 11.0. The second-order valence-corrected chi connectivity index (χ2v) is 4.27. The largest absolute Gasteiger partial charge is 0.481 e. The van der Waals surface area contributed by atoms with Crippen molar-refractivity contribution in [2.75, 3.05) is 6.61 Å². The van der Waals surface area contributed by atoms with Crippen LogP contribution in [-0.4, -0.2) is 6.61 Å². The van der Waals surface area contributed by atoms with Crippen LogP contribution in [-0.2, 0) is 6.54 Å². The Balaban J connectivity index is 1.98. The highest BCUT2D eigenvalue weighted by molar-refractivity contribution is 5.37. The maximum atomic E-state index is 5.70. The maximum absolute atomic E-state index is 5.70. The Morgan fingerprint density at radius 3 is 2.63 bits per heavy atom. The Bertz CT molecular complexity index is 594. The Morgan fingerprint density at radius 2 is 1.89 bits per heavy atom. The summed E-state index contributed by atoms with van der Waals surface area (Å²) in [5.74, 6) is 6.88. The van der Waals surface area contributed by atoms with Crippen LogP contribution in [0.5, 0.6) is 5.75 Å². The molecule has 0 unspecified atom stereocenters. The lowest BCUT2D eigenvalue weighted by atomic mass is 10.1. The van der Waals surface area contributed by atoms with Crippen molar-refractivity contribution < 1.29 is 4.74 Å². The Morgan fingerprint density at radius 1 is 1.11 bits per heavy atom. The minimum absolute atomic E-state index is 0.366. The van der Waals surface area contributed by atoms with Crippen LogP contribution in [0, 0.1) is 18.8 Å². The van der Waals surface area contributed by atoms with E-state index in [2.05, 4.69) is 11.8 Å². The zero-order valence-corrected chi connectivity index (χ0v) is 11.0. The van der Waals surface area contributed by atoms with Gasteiger partial charge in [-0.2, -0.15) is 0 Å². The van der Waals surface area contributed by atoms with Gasteiger partial charge in [0.05, 0.1) is 0 Å². The molecule has 19 heavy (non-hydrogen) atoms. The van der Waals surface area contributed by atoms with E-state index in [0.717, 1.165) is 16.9 Å². The van der Waals surface area contributed by atoms with E-state index >= 15 is 0 Å². The lowest BCUT2D eigenvalue weighted by Crippen LogP contribution is -2.03. The van der Waals surface area contributed by atoms with E-state index in [0.29, 0.717) is 13.2 Å². The molecule has 0 radical (unpaired) electrons. The van der Waals surface area contributed by atoms with Crippen molar-refractivity contribution in [3.63, 3.8) is 0 Å². The number of nitrogens with two attached hydrogens (primary N) is 1. The van der Waals surface area contributed by atoms with E-state index in [9.17, 15) is 0 Å². The fourth-order valence-corrected chi connectivity index (χ4v) is 1.78. The van der Waals surface area contributed by atoms with Crippen LogP contribution >= 0.6 is 0 Å². The van der Waals surface area contributed by atoms with Crippen molar-refractivity contribution in [1.82, 2.24) is 0 Å². The summed E-state index contributed by atoms with van der Waals surface area (Å²) >= 11 is 0. The summed E-state index contributed by atoms with van der Waals surface area (Å²) in [6.45, 7) is 2.88. The number of benzene rings is 2. The minimum atomic E-state index is 0.366. The molecule has 0 heterocycles. The first-order valence-electron chi connectivity index (χ1n) is 6.26. The molecule has 0 saturated heterocycles. The van der Waals surface area contributed by atoms with E-state index in [1.807, 2.05) is 55.5 Å². The van der Waals surface area contributed by atoms with Crippen LogP contribution in [0.2, 0.25) is 0 Å². The van der Waals surface area contributed by atoms with Crippen LogP contribution in [0.15, 0.2) is 48.5 Å². The SMILES string of the molecule is Cc1ccc(OCC#Cc2ccccc2)c(CN)c1. The van der Waals surface area contributed by atoms with E-state index in [1.165, 1.54) is 5.56 Å². The molecule has 2 N–H and O–H groups in total. The van der Waals surface area contributed by atoms with Gasteiger partial charge in [0.25, 0.3) is 0 Å². The molecule has 2 nitrogen and oxygen atoms in total. The third-order valence-corrected chi connectivity index (χ3v) is 2.74. The average molecular weight is 251 g/mol. The van der Waals surface area contributed by atoms with Crippen LogP contribution in [0.3, 0.4) is 0 Å². The van der Waals surface area contributed by atoms with Crippen molar-refractivity contribution in [2.24, 2.45) is 5.73 Å². The van der Waals surface area contributed by atoms with E-state index in [-0.39, 0.29) is 0 Å². The van der Waals surface area contributed by atoms with Crippen molar-refractivity contribution in [1.29, 1.82) is 0 Å². The number of aryl methyl sites for hydroxylation is 1. The predicted molar refractivity (Wildman–Crippen MR) is 77.9 cm³/mol. The summed E-state index contributed by atoms with van der Waals surface area (Å²) in [4.78, 5) is 0. The lowest BCUT2D eigenvalue weighted by Gasteiger charge is -2.08. The first-order chi connectivity index (χ1) is 9.29. The minimum Gasteiger partial charge on any atom is -0.481 e. The van der Waals surface area contributed by atoms with Gasteiger partial charge in [-0.1, -0.05) is 47.7 Å². The van der Waals surface area contributed by atoms with Crippen molar-refractivity contribution in [2.45, 2.75) is 13.5 Å². The standard InChI is InChI=1S/C17H17NO/c1-14-9-10-17(16(12-14)13-18)19-11-5-8-15-6-3-2-4-7-15/h2-4,6-7,9-10,12H,11,13,18H2,1H3. The summed E-state index contributed by atoms with van der Waals surface area (Å²) < 4.78 is 5.65. The summed E-state index contributed by atoms with van der Waals surface area (Å²) in [5.41, 5.74) is 8.89. The van der Waals surface area contributed by atoms with Gasteiger partial charge >= 0.3 is 0 Å². The number of hydrogen-bond acceptors (Lipinski definition) is 2. The van der Waals surface area contributed by atoms with Gasteiger partial charge in [-0.05, 0) is 25.1 Å². The molecule has 2 aromatic carbocycles. The number of rotatable bonds is 3. The highest BCUT2D eigenvalue weighted by Crippen LogP contribution is 2.19. The first-order valence-corrected chi connectivity index (χ1v) is 6.26. The number of ether oxygens (including phenoxy) is 1. The first kappa shape index (κ1) is 13.2. The lowest BCUT2D eigenvalue weighted by molar-refractivity contribution is 0.366. The molecule has 2 heteroatoms. The molecular formula is C17H17NO. The molecule has 2 aromatic rings. The van der Waals surface area contributed by atoms with Crippen LogP contribution in [0.4, 0.5) is 0 Å². The molecule has 0 atom stereocenters. The summed E-state index contributed by atoms with van der Waals surface area (Å²) in [7, 11) is 0. The van der Waals surface area contributed by atoms with E-state index < -0.39 is 0 Å². The van der Waals surface area contributed by atoms with Gasteiger partial charge in [-0.25, -0.2) is 0 Å². The smallest absolute Gasteiger partial charge is 0.149 e. The highest BCUT2D eigenvalue weighted by Gasteiger charge is 2.01. The van der Waals surface area contributed by atoms with Crippen LogP contribution < -0.4 is 10.5 Å². The van der Waals surface area contributed by atoms with Crippen molar-refractivity contribution in [3.05, 3.63) is 65.2 Å². The fraction of sp³-hybridized carbons (Fsp3) is 0.176. The Labute approximate surface area is 114 Å². The molecule has 96 valence electrons. The monoisotopic (exact) mass is 251 g/mol. The molecule has 0 aliphatic heterocycles. The summed E-state index contributed by atoms with van der Waals surface area (Å²) in [5, 5.41) is 0. The quantitative estimate of drug-likeness (QED) is 0.851. The molecule has 2 rings (SSSR count). The van der Waals surface area contributed by atoms with Gasteiger partial charge < -0.3 is 10.5 Å². The van der Waals surface area contributed by atoms with Crippen LogP contribution in [0.1, 0.15) is 16.7 Å². The normalized spacial score (nSPS) is 9.58. The molecule has 0 aliphatic carbocycles. The molecule has 0 aromatic heterocycles. The highest BCUT2D eigenvalue weighted by atomic mass is 16.5. The maximum Gasteiger partial charge on any atom is 0.149 e. The molecule has 0 amide bonds. The van der Waals surface area contributed by atoms with Gasteiger partial charge in [0.1, 0.15) is 12.4 Å². The molecule has 0 fully saturated rings. The van der Waals surface area contributed by atoms with Crippen LogP contribution in [0.25, 0.3) is 0 Å². The molecule has 0 spiro atoms. The Kier molecular flexibility index (Phi) is 4.60. The van der Waals surface area contributed by atoms with Gasteiger partial charge in [-0.3, -0.25) is 0 Å². The second kappa shape index (κ2) is 6.63. The van der Waals surface area contributed by atoms with Crippen molar-refractivity contribution >= 4 is 0 Å². The van der Waals surface area contributed by atoms with Gasteiger partial charge in [0.15, 0.2) is 0 Å². The predicted octanol–water partition coefficient (Wildman–Crippen LogP) is 2.88. The van der Waals surface area contributed by atoms with E-state index in [1.54, 1.807) is 0 Å². The topological polar surface area (TPSA) is 35.2 Å². The third kappa shape index (κ3) is 3.87. The average Bonchev–Trinajstić information content (AvgIpc) is 2.46. The van der Waals surface area contributed by atoms with E-state index in [4.69, 9.17) is 10.5 Å². The Hall–Kier alpha value is -2.24. The summed E-state index contributed by atoms with van der Waals surface area (Å²) in [6, 6.07) is 15.9. The molecule has 0 bridgehead atoms. The summed E-state index contributed by atoms with van der Waals surface area (Å²) in [6.07, 6.45) is 0. The zero-order chi connectivity index (χ0) is 13.5. The second-order valence-electron chi connectivity index (χ2n) is 4.27.